The van der Waals surface area contributed by atoms with E-state index in [4.69, 9.17) is 4.74 Å². The number of hydrogen-bond donors (Lipinski definition) is 0. The Morgan fingerprint density at radius 2 is 1.83 bits per heavy atom. The monoisotopic (exact) mass is 256 g/mol. The fourth-order valence-electron chi connectivity index (χ4n) is 2.24. The molecule has 18 heavy (non-hydrogen) atoms. The first-order chi connectivity index (χ1) is 8.74. The second-order valence-electron chi connectivity index (χ2n) is 5.02. The van der Waals surface area contributed by atoms with E-state index in [0.717, 1.165) is 65.2 Å². The third-order valence-corrected chi connectivity index (χ3v) is 3.48. The van der Waals surface area contributed by atoms with Crippen LogP contribution in [0.4, 0.5) is 0 Å². The Morgan fingerprint density at radius 3 is 2.44 bits per heavy atom. The Kier molecular flexibility index (Phi) is 8.01. The summed E-state index contributed by atoms with van der Waals surface area (Å²) in [4.78, 5) is 15.9. The standard InChI is InChI=1S/C14H28N2O2/c1-3-4-8-16(14(2)17)9-6-5-7-15-10-12-18-13-11-15/h3-13H2,1-2H3. The van der Waals surface area contributed by atoms with E-state index < -0.39 is 0 Å². The predicted molar refractivity (Wildman–Crippen MR) is 73.7 cm³/mol. The van der Waals surface area contributed by atoms with E-state index in [9.17, 15) is 4.79 Å². The first-order valence-corrected chi connectivity index (χ1v) is 7.29. The molecule has 0 N–H and O–H groups in total. The summed E-state index contributed by atoms with van der Waals surface area (Å²) in [5.74, 6) is 0.217. The predicted octanol–water partition coefficient (Wildman–Crippen LogP) is 1.75. The molecule has 4 heteroatoms. The highest BCUT2D eigenvalue weighted by molar-refractivity contribution is 5.73. The molecule has 1 aliphatic heterocycles. The number of unbranched alkanes of at least 4 members (excludes halogenated alkanes) is 2. The Bertz CT molecular complexity index is 228. The first-order valence-electron chi connectivity index (χ1n) is 7.29. The maximum atomic E-state index is 11.4. The van der Waals surface area contributed by atoms with Crippen molar-refractivity contribution >= 4 is 5.91 Å². The summed E-state index contributed by atoms with van der Waals surface area (Å²) in [6.45, 7) is 10.7. The summed E-state index contributed by atoms with van der Waals surface area (Å²) in [5.41, 5.74) is 0. The maximum absolute atomic E-state index is 11.4. The van der Waals surface area contributed by atoms with Gasteiger partial charge < -0.3 is 9.64 Å². The van der Waals surface area contributed by atoms with Gasteiger partial charge in [-0.15, -0.1) is 0 Å². The minimum absolute atomic E-state index is 0.217. The highest BCUT2D eigenvalue weighted by Gasteiger charge is 2.10. The van der Waals surface area contributed by atoms with Crippen LogP contribution in [0.3, 0.4) is 0 Å². The first kappa shape index (κ1) is 15.4. The minimum atomic E-state index is 0.217. The second-order valence-corrected chi connectivity index (χ2v) is 5.02. The van der Waals surface area contributed by atoms with Crippen LogP contribution >= 0.6 is 0 Å². The van der Waals surface area contributed by atoms with Crippen LogP contribution in [0.25, 0.3) is 0 Å². The lowest BCUT2D eigenvalue weighted by atomic mass is 10.2. The van der Waals surface area contributed by atoms with Crippen molar-refractivity contribution in [2.24, 2.45) is 0 Å². The molecule has 1 saturated heterocycles. The number of rotatable bonds is 8. The van der Waals surface area contributed by atoms with E-state index in [1.807, 2.05) is 4.90 Å². The summed E-state index contributed by atoms with van der Waals surface area (Å²) in [6.07, 6.45) is 4.55. The second kappa shape index (κ2) is 9.34. The van der Waals surface area contributed by atoms with Crippen LogP contribution in [0.1, 0.15) is 39.5 Å². The van der Waals surface area contributed by atoms with Gasteiger partial charge in [0.2, 0.25) is 5.91 Å². The highest BCUT2D eigenvalue weighted by atomic mass is 16.5. The third kappa shape index (κ3) is 6.36. The average molecular weight is 256 g/mol. The van der Waals surface area contributed by atoms with Gasteiger partial charge >= 0.3 is 0 Å². The van der Waals surface area contributed by atoms with Crippen molar-refractivity contribution in [3.8, 4) is 0 Å². The maximum Gasteiger partial charge on any atom is 0.219 e. The van der Waals surface area contributed by atoms with Gasteiger partial charge in [-0.1, -0.05) is 13.3 Å². The number of morpholine rings is 1. The Morgan fingerprint density at radius 1 is 1.17 bits per heavy atom. The van der Waals surface area contributed by atoms with Crippen LogP contribution in [0.5, 0.6) is 0 Å². The molecule has 106 valence electrons. The van der Waals surface area contributed by atoms with Gasteiger partial charge in [-0.05, 0) is 25.8 Å². The average Bonchev–Trinajstić information content (AvgIpc) is 2.38. The zero-order valence-electron chi connectivity index (χ0n) is 12.0. The molecule has 0 aromatic carbocycles. The number of nitrogens with zero attached hydrogens (tertiary/aromatic N) is 2. The van der Waals surface area contributed by atoms with Crippen molar-refractivity contribution in [2.75, 3.05) is 45.9 Å². The van der Waals surface area contributed by atoms with E-state index in [-0.39, 0.29) is 5.91 Å². The molecule has 0 aromatic rings. The van der Waals surface area contributed by atoms with E-state index in [0.29, 0.717) is 0 Å². The molecule has 0 aliphatic carbocycles. The van der Waals surface area contributed by atoms with Crippen molar-refractivity contribution in [2.45, 2.75) is 39.5 Å². The number of hydrogen-bond acceptors (Lipinski definition) is 3. The molecule has 0 saturated carbocycles. The molecule has 1 aliphatic rings. The molecule has 0 unspecified atom stereocenters. The normalized spacial score (nSPS) is 16.8. The molecule has 1 heterocycles. The van der Waals surface area contributed by atoms with Gasteiger partial charge in [0.15, 0.2) is 0 Å². The van der Waals surface area contributed by atoms with Crippen molar-refractivity contribution < 1.29 is 9.53 Å². The molecule has 1 amide bonds. The molecule has 0 bridgehead atoms. The lowest BCUT2D eigenvalue weighted by Crippen LogP contribution is -2.37. The third-order valence-electron chi connectivity index (χ3n) is 3.48. The number of carbonyl (C=O) groups excluding carboxylic acids is 1. The summed E-state index contributed by atoms with van der Waals surface area (Å²) in [6, 6.07) is 0. The quantitative estimate of drug-likeness (QED) is 0.620. The van der Waals surface area contributed by atoms with Crippen LogP contribution in [0.15, 0.2) is 0 Å². The molecule has 0 atom stereocenters. The SMILES string of the molecule is CCCCN(CCCCN1CCOCC1)C(C)=O. The van der Waals surface area contributed by atoms with Crippen LogP contribution in [-0.2, 0) is 9.53 Å². The lowest BCUT2D eigenvalue weighted by molar-refractivity contribution is -0.129. The van der Waals surface area contributed by atoms with Crippen molar-refractivity contribution in [1.82, 2.24) is 9.80 Å². The Balaban J connectivity index is 2.08. The molecule has 1 fully saturated rings. The molecule has 4 nitrogen and oxygen atoms in total. The summed E-state index contributed by atoms with van der Waals surface area (Å²) in [7, 11) is 0. The van der Waals surface area contributed by atoms with E-state index >= 15 is 0 Å². The molecule has 1 rings (SSSR count). The van der Waals surface area contributed by atoms with E-state index in [2.05, 4.69) is 11.8 Å². The number of amides is 1. The summed E-state index contributed by atoms with van der Waals surface area (Å²) >= 11 is 0. The van der Waals surface area contributed by atoms with Gasteiger partial charge in [0.25, 0.3) is 0 Å². The number of ether oxygens (including phenoxy) is 1. The van der Waals surface area contributed by atoms with Crippen molar-refractivity contribution in [1.29, 1.82) is 0 Å². The van der Waals surface area contributed by atoms with Crippen LogP contribution in [0, 0.1) is 0 Å². The highest BCUT2D eigenvalue weighted by Crippen LogP contribution is 2.03. The summed E-state index contributed by atoms with van der Waals surface area (Å²) < 4.78 is 5.33. The van der Waals surface area contributed by atoms with Crippen LogP contribution in [-0.4, -0.2) is 61.6 Å². The topological polar surface area (TPSA) is 32.8 Å². The minimum Gasteiger partial charge on any atom is -0.379 e. The molecule has 0 spiro atoms. The fraction of sp³-hybridized carbons (Fsp3) is 0.929. The molecule has 0 radical (unpaired) electrons. The van der Waals surface area contributed by atoms with Crippen molar-refractivity contribution in [3.63, 3.8) is 0 Å². The lowest BCUT2D eigenvalue weighted by Gasteiger charge is -2.27. The Labute approximate surface area is 111 Å². The van der Waals surface area contributed by atoms with Gasteiger partial charge in [0.05, 0.1) is 13.2 Å². The fourth-order valence-corrected chi connectivity index (χ4v) is 2.24. The zero-order chi connectivity index (χ0) is 13.2. The van der Waals surface area contributed by atoms with Gasteiger partial charge in [0.1, 0.15) is 0 Å². The summed E-state index contributed by atoms with van der Waals surface area (Å²) in [5, 5.41) is 0. The van der Waals surface area contributed by atoms with Gasteiger partial charge in [-0.25, -0.2) is 0 Å². The van der Waals surface area contributed by atoms with Gasteiger partial charge in [-0.2, -0.15) is 0 Å². The van der Waals surface area contributed by atoms with E-state index in [1.165, 1.54) is 6.42 Å². The van der Waals surface area contributed by atoms with E-state index in [1.54, 1.807) is 6.92 Å². The largest absolute Gasteiger partial charge is 0.379 e. The van der Waals surface area contributed by atoms with Crippen molar-refractivity contribution in [3.05, 3.63) is 0 Å². The van der Waals surface area contributed by atoms with Gasteiger partial charge in [-0.3, -0.25) is 9.69 Å². The zero-order valence-corrected chi connectivity index (χ0v) is 12.0. The Hall–Kier alpha value is -0.610. The molecular weight excluding hydrogens is 228 g/mol. The molecule has 0 aromatic heterocycles. The number of carbonyl (C=O) groups is 1. The van der Waals surface area contributed by atoms with Crippen LogP contribution < -0.4 is 0 Å². The van der Waals surface area contributed by atoms with Gasteiger partial charge in [0, 0.05) is 33.1 Å². The smallest absolute Gasteiger partial charge is 0.219 e. The molecular formula is C14H28N2O2. The van der Waals surface area contributed by atoms with Crippen LogP contribution in [0.2, 0.25) is 0 Å².